The fraction of sp³-hybridized carbons (Fsp3) is 0.800. The molecule has 1 fully saturated rings. The van der Waals surface area contributed by atoms with Gasteiger partial charge in [-0.15, -0.1) is 5.10 Å². The first kappa shape index (κ1) is 11.1. The van der Waals surface area contributed by atoms with Crippen LogP contribution in [0.25, 0.3) is 0 Å². The van der Waals surface area contributed by atoms with Crippen LogP contribution in [0.15, 0.2) is 6.20 Å². The molecule has 15 heavy (non-hydrogen) atoms. The van der Waals surface area contributed by atoms with Crippen LogP contribution in [0, 0.1) is 5.41 Å². The molecular weight excluding hydrogens is 258 g/mol. The number of aryl methyl sites for hydroxylation is 1. The van der Waals surface area contributed by atoms with Crippen molar-refractivity contribution in [3.05, 3.63) is 11.9 Å². The molecule has 0 N–H and O–H groups in total. The molecule has 2 rings (SSSR count). The molecule has 84 valence electrons. The second kappa shape index (κ2) is 4.61. The predicted molar refractivity (Wildman–Crippen MR) is 61.0 cm³/mol. The first-order chi connectivity index (χ1) is 7.24. The van der Waals surface area contributed by atoms with Crippen molar-refractivity contribution >= 4 is 15.9 Å². The summed E-state index contributed by atoms with van der Waals surface area (Å²) >= 11 is 3.62. The van der Waals surface area contributed by atoms with Gasteiger partial charge in [0, 0.05) is 31.8 Å². The van der Waals surface area contributed by atoms with Gasteiger partial charge >= 0.3 is 0 Å². The number of hydrogen-bond donors (Lipinski definition) is 0. The number of rotatable bonds is 3. The Morgan fingerprint density at radius 1 is 1.53 bits per heavy atom. The summed E-state index contributed by atoms with van der Waals surface area (Å²) in [4.78, 5) is 0. The molecule has 0 radical (unpaired) electrons. The number of nitrogens with zero attached hydrogens (tertiary/aromatic N) is 3. The Balaban J connectivity index is 2.06. The third-order valence-electron chi connectivity index (χ3n) is 3.04. The van der Waals surface area contributed by atoms with E-state index in [4.69, 9.17) is 4.74 Å². The van der Waals surface area contributed by atoms with Crippen molar-refractivity contribution < 1.29 is 4.74 Å². The molecule has 1 aromatic heterocycles. The van der Waals surface area contributed by atoms with Crippen LogP contribution < -0.4 is 0 Å². The zero-order chi connectivity index (χ0) is 10.7. The maximum Gasteiger partial charge on any atom is 0.0832 e. The van der Waals surface area contributed by atoms with Gasteiger partial charge in [0.2, 0.25) is 0 Å². The van der Waals surface area contributed by atoms with Gasteiger partial charge in [0.25, 0.3) is 0 Å². The lowest BCUT2D eigenvalue weighted by molar-refractivity contribution is 0.0265. The lowest BCUT2D eigenvalue weighted by Gasteiger charge is -2.34. The highest BCUT2D eigenvalue weighted by molar-refractivity contribution is 9.09. The summed E-state index contributed by atoms with van der Waals surface area (Å²) in [6.45, 7) is 1.73. The number of alkyl halides is 1. The third kappa shape index (κ3) is 2.58. The van der Waals surface area contributed by atoms with E-state index < -0.39 is 0 Å². The highest BCUT2D eigenvalue weighted by atomic mass is 79.9. The molecule has 0 unspecified atom stereocenters. The van der Waals surface area contributed by atoms with Gasteiger partial charge < -0.3 is 4.74 Å². The van der Waals surface area contributed by atoms with Crippen molar-refractivity contribution in [2.45, 2.75) is 19.3 Å². The molecule has 0 amide bonds. The summed E-state index contributed by atoms with van der Waals surface area (Å²) in [7, 11) is 1.90. The van der Waals surface area contributed by atoms with Crippen LogP contribution in [0.2, 0.25) is 0 Å². The molecule has 0 aliphatic carbocycles. The largest absolute Gasteiger partial charge is 0.381 e. The van der Waals surface area contributed by atoms with Gasteiger partial charge in [-0.3, -0.25) is 4.68 Å². The molecule has 1 aliphatic rings. The Morgan fingerprint density at radius 2 is 2.27 bits per heavy atom. The average molecular weight is 274 g/mol. The fourth-order valence-corrected chi connectivity index (χ4v) is 2.78. The van der Waals surface area contributed by atoms with Crippen LogP contribution in [-0.2, 0) is 18.2 Å². The van der Waals surface area contributed by atoms with Gasteiger partial charge in [0.05, 0.1) is 5.69 Å². The zero-order valence-electron chi connectivity index (χ0n) is 8.95. The highest BCUT2D eigenvalue weighted by Crippen LogP contribution is 2.35. The van der Waals surface area contributed by atoms with Crippen LogP contribution >= 0.6 is 15.9 Å². The smallest absolute Gasteiger partial charge is 0.0832 e. The molecule has 0 spiro atoms. The van der Waals surface area contributed by atoms with Crippen LogP contribution in [0.3, 0.4) is 0 Å². The SMILES string of the molecule is Cn1cc(CC2(CBr)CCOCC2)nn1. The zero-order valence-corrected chi connectivity index (χ0v) is 10.5. The van der Waals surface area contributed by atoms with Gasteiger partial charge in [-0.25, -0.2) is 0 Å². The Labute approximate surface area is 98.1 Å². The second-order valence-electron chi connectivity index (χ2n) is 4.31. The molecule has 0 aromatic carbocycles. The van der Waals surface area contributed by atoms with Gasteiger partial charge in [0.1, 0.15) is 0 Å². The van der Waals surface area contributed by atoms with Gasteiger partial charge in [-0.2, -0.15) is 0 Å². The predicted octanol–water partition coefficient (Wildman–Crippen LogP) is 1.55. The van der Waals surface area contributed by atoms with E-state index in [1.807, 2.05) is 13.2 Å². The Hall–Kier alpha value is -0.420. The minimum absolute atomic E-state index is 0.314. The quantitative estimate of drug-likeness (QED) is 0.785. The maximum absolute atomic E-state index is 5.41. The number of aromatic nitrogens is 3. The fourth-order valence-electron chi connectivity index (χ4n) is 2.02. The molecule has 1 aromatic rings. The first-order valence-electron chi connectivity index (χ1n) is 5.23. The number of ether oxygens (including phenoxy) is 1. The van der Waals surface area contributed by atoms with Crippen molar-refractivity contribution in [1.29, 1.82) is 0 Å². The lowest BCUT2D eigenvalue weighted by atomic mass is 9.78. The Bertz CT molecular complexity index is 320. The van der Waals surface area contributed by atoms with E-state index in [9.17, 15) is 0 Å². The maximum atomic E-state index is 5.41. The highest BCUT2D eigenvalue weighted by Gasteiger charge is 2.32. The average Bonchev–Trinajstić information content (AvgIpc) is 2.65. The van der Waals surface area contributed by atoms with Gasteiger partial charge in [-0.1, -0.05) is 21.1 Å². The van der Waals surface area contributed by atoms with Gasteiger partial charge in [0.15, 0.2) is 0 Å². The summed E-state index contributed by atoms with van der Waals surface area (Å²) in [6, 6.07) is 0. The number of halogens is 1. The Kier molecular flexibility index (Phi) is 3.41. The van der Waals surface area contributed by atoms with Crippen molar-refractivity contribution in [3.63, 3.8) is 0 Å². The van der Waals surface area contributed by atoms with Crippen molar-refractivity contribution in [2.24, 2.45) is 12.5 Å². The van der Waals surface area contributed by atoms with E-state index in [2.05, 4.69) is 26.2 Å². The lowest BCUT2D eigenvalue weighted by Crippen LogP contribution is -2.33. The molecule has 1 aliphatic heterocycles. The monoisotopic (exact) mass is 273 g/mol. The van der Waals surface area contributed by atoms with E-state index in [1.54, 1.807) is 4.68 Å². The third-order valence-corrected chi connectivity index (χ3v) is 4.23. The summed E-state index contributed by atoms with van der Waals surface area (Å²) in [6.07, 6.45) is 5.21. The number of hydrogen-bond acceptors (Lipinski definition) is 3. The summed E-state index contributed by atoms with van der Waals surface area (Å²) in [5.74, 6) is 0. The molecule has 0 saturated carbocycles. The summed E-state index contributed by atoms with van der Waals surface area (Å²) in [5, 5.41) is 9.14. The van der Waals surface area contributed by atoms with Crippen molar-refractivity contribution in [3.8, 4) is 0 Å². The minimum Gasteiger partial charge on any atom is -0.381 e. The second-order valence-corrected chi connectivity index (χ2v) is 4.87. The van der Waals surface area contributed by atoms with E-state index in [0.717, 1.165) is 43.5 Å². The van der Waals surface area contributed by atoms with Crippen LogP contribution in [0.1, 0.15) is 18.5 Å². The molecule has 4 nitrogen and oxygen atoms in total. The summed E-state index contributed by atoms with van der Waals surface area (Å²) in [5.41, 5.74) is 1.40. The van der Waals surface area contributed by atoms with Crippen LogP contribution in [-0.4, -0.2) is 33.5 Å². The summed E-state index contributed by atoms with van der Waals surface area (Å²) < 4.78 is 7.17. The molecule has 5 heteroatoms. The normalized spacial score (nSPS) is 20.4. The first-order valence-corrected chi connectivity index (χ1v) is 6.35. The van der Waals surface area contributed by atoms with Crippen molar-refractivity contribution in [2.75, 3.05) is 18.5 Å². The molecular formula is C10H16BrN3O. The molecule has 0 atom stereocenters. The standard InChI is InChI=1S/C10H16BrN3O/c1-14-7-9(12-13-14)6-10(8-11)2-4-15-5-3-10/h7H,2-6,8H2,1H3. The van der Waals surface area contributed by atoms with Crippen molar-refractivity contribution in [1.82, 2.24) is 15.0 Å². The topological polar surface area (TPSA) is 39.9 Å². The van der Waals surface area contributed by atoms with E-state index in [1.165, 1.54) is 0 Å². The molecule has 0 bridgehead atoms. The van der Waals surface area contributed by atoms with E-state index in [-0.39, 0.29) is 0 Å². The van der Waals surface area contributed by atoms with E-state index in [0.29, 0.717) is 5.41 Å². The Morgan fingerprint density at radius 3 is 2.80 bits per heavy atom. The van der Waals surface area contributed by atoms with Crippen LogP contribution in [0.4, 0.5) is 0 Å². The van der Waals surface area contributed by atoms with Crippen LogP contribution in [0.5, 0.6) is 0 Å². The molecule has 1 saturated heterocycles. The molecule has 2 heterocycles. The minimum atomic E-state index is 0.314. The van der Waals surface area contributed by atoms with Gasteiger partial charge in [-0.05, 0) is 24.7 Å². The van der Waals surface area contributed by atoms with E-state index >= 15 is 0 Å².